The van der Waals surface area contributed by atoms with Crippen molar-refractivity contribution in [1.29, 1.82) is 0 Å². The quantitative estimate of drug-likeness (QED) is 0.563. The molecule has 0 aromatic rings. The third kappa shape index (κ3) is 4.39. The molecule has 2 aliphatic heterocycles. The van der Waals surface area contributed by atoms with Crippen LogP contribution >= 0.6 is 0 Å². The van der Waals surface area contributed by atoms with Gasteiger partial charge in [0, 0.05) is 0 Å². The van der Waals surface area contributed by atoms with Gasteiger partial charge in [0.05, 0.1) is 36.8 Å². The second-order valence-electron chi connectivity index (χ2n) is 8.41. The first-order valence-corrected chi connectivity index (χ1v) is 10.3. The summed E-state index contributed by atoms with van der Waals surface area (Å²) in [7, 11) is 0. The predicted octanol–water partition coefficient (Wildman–Crippen LogP) is 2.77. The smallest absolute Gasteiger partial charge is 0.311 e. The van der Waals surface area contributed by atoms with E-state index in [1.807, 2.05) is 6.92 Å². The van der Waals surface area contributed by atoms with Gasteiger partial charge in [-0.15, -0.1) is 0 Å². The first-order chi connectivity index (χ1) is 12.6. The third-order valence-corrected chi connectivity index (χ3v) is 6.36. The van der Waals surface area contributed by atoms with Crippen LogP contribution in [0.2, 0.25) is 0 Å². The average Bonchev–Trinajstić information content (AvgIpc) is 3.42. The zero-order valence-electron chi connectivity index (χ0n) is 15.6. The topological polar surface area (TPSA) is 74.4 Å². The lowest BCUT2D eigenvalue weighted by Gasteiger charge is -2.31. The highest BCUT2D eigenvalue weighted by Crippen LogP contribution is 2.40. The van der Waals surface area contributed by atoms with Gasteiger partial charge in [-0.1, -0.05) is 0 Å². The Kier molecular flexibility index (Phi) is 5.50. The van der Waals surface area contributed by atoms with E-state index >= 15 is 0 Å². The van der Waals surface area contributed by atoms with Crippen LogP contribution in [0.5, 0.6) is 0 Å². The minimum atomic E-state index is -0.126. The second-order valence-corrected chi connectivity index (χ2v) is 8.41. The number of hydrogen-bond donors (Lipinski definition) is 0. The van der Waals surface area contributed by atoms with Crippen LogP contribution in [0.4, 0.5) is 0 Å². The van der Waals surface area contributed by atoms with Gasteiger partial charge >= 0.3 is 11.9 Å². The summed E-state index contributed by atoms with van der Waals surface area (Å²) in [6.45, 7) is 2.51. The number of hydrogen-bond acceptors (Lipinski definition) is 6. The van der Waals surface area contributed by atoms with Gasteiger partial charge in [0.2, 0.25) is 0 Å². The minimum absolute atomic E-state index is 0.00277. The number of rotatable bonds is 4. The van der Waals surface area contributed by atoms with Gasteiger partial charge in [-0.25, -0.2) is 0 Å². The Morgan fingerprint density at radius 2 is 1.38 bits per heavy atom. The molecule has 146 valence electrons. The molecule has 5 unspecified atom stereocenters. The Hall–Kier alpha value is -1.14. The Morgan fingerprint density at radius 3 is 1.96 bits per heavy atom. The molecule has 4 fully saturated rings. The summed E-state index contributed by atoms with van der Waals surface area (Å²) < 4.78 is 22.5. The van der Waals surface area contributed by atoms with Crippen molar-refractivity contribution in [2.24, 2.45) is 11.8 Å². The Balaban J connectivity index is 1.16. The molecule has 0 aromatic carbocycles. The average molecular weight is 366 g/mol. The van der Waals surface area contributed by atoms with Crippen molar-refractivity contribution in [2.45, 2.75) is 95.2 Å². The van der Waals surface area contributed by atoms with Crippen LogP contribution in [-0.4, -0.2) is 49.1 Å². The molecule has 2 heterocycles. The van der Waals surface area contributed by atoms with Crippen LogP contribution in [0.25, 0.3) is 0 Å². The normalized spacial score (nSPS) is 42.4. The number of carbonyl (C=O) groups is 2. The van der Waals surface area contributed by atoms with Gasteiger partial charge in [-0.05, 0) is 64.7 Å². The minimum Gasteiger partial charge on any atom is -0.462 e. The maximum atomic E-state index is 12.3. The molecule has 0 spiro atoms. The first kappa shape index (κ1) is 18.2. The first-order valence-electron chi connectivity index (χ1n) is 10.3. The predicted molar refractivity (Wildman–Crippen MR) is 92.4 cm³/mol. The maximum absolute atomic E-state index is 12.3. The van der Waals surface area contributed by atoms with Crippen molar-refractivity contribution >= 4 is 11.9 Å². The Labute approximate surface area is 154 Å². The summed E-state index contributed by atoms with van der Waals surface area (Å²) in [6.07, 6.45) is 8.39. The van der Waals surface area contributed by atoms with Crippen molar-refractivity contribution in [2.75, 3.05) is 6.61 Å². The van der Waals surface area contributed by atoms with Crippen LogP contribution in [-0.2, 0) is 28.5 Å². The lowest BCUT2D eigenvalue weighted by atomic mass is 9.89. The zero-order valence-corrected chi connectivity index (χ0v) is 15.6. The lowest BCUT2D eigenvalue weighted by molar-refractivity contribution is -0.167. The van der Waals surface area contributed by atoms with Crippen LogP contribution in [0.1, 0.15) is 64.7 Å². The Bertz CT molecular complexity index is 518. The van der Waals surface area contributed by atoms with Crippen molar-refractivity contribution in [3.8, 4) is 0 Å². The molecule has 0 radical (unpaired) electrons. The summed E-state index contributed by atoms with van der Waals surface area (Å²) in [4.78, 5) is 24.6. The summed E-state index contributed by atoms with van der Waals surface area (Å²) >= 11 is 0. The fourth-order valence-corrected chi connectivity index (χ4v) is 4.48. The number of esters is 2. The van der Waals surface area contributed by atoms with Crippen LogP contribution in [0, 0.1) is 11.8 Å². The molecule has 6 nitrogen and oxygen atoms in total. The molecular weight excluding hydrogens is 336 g/mol. The van der Waals surface area contributed by atoms with Crippen LogP contribution in [0.3, 0.4) is 0 Å². The van der Waals surface area contributed by atoms with E-state index in [0.717, 1.165) is 57.8 Å². The second kappa shape index (κ2) is 7.85. The molecule has 6 heteroatoms. The fourth-order valence-electron chi connectivity index (χ4n) is 4.48. The molecule has 0 aromatic heterocycles. The standard InChI is InChI=1S/C20H30O6/c1-12-2-3-14(11-23-12)20(22)25-16-7-5-15(6-8-16)24-19(21)13-4-9-17-18(10-13)26-17/h12-18H,2-11H2,1H3. The van der Waals surface area contributed by atoms with Gasteiger partial charge in [0.15, 0.2) is 0 Å². The molecular formula is C20H30O6. The lowest BCUT2D eigenvalue weighted by Crippen LogP contribution is -2.36. The van der Waals surface area contributed by atoms with Crippen LogP contribution in [0.15, 0.2) is 0 Å². The van der Waals surface area contributed by atoms with E-state index in [1.54, 1.807) is 0 Å². The van der Waals surface area contributed by atoms with Gasteiger partial charge < -0.3 is 18.9 Å². The highest BCUT2D eigenvalue weighted by Gasteiger charge is 2.46. The summed E-state index contributed by atoms with van der Waals surface area (Å²) in [5, 5.41) is 0. The van der Waals surface area contributed by atoms with Crippen molar-refractivity contribution in [3.63, 3.8) is 0 Å². The van der Waals surface area contributed by atoms with Gasteiger partial charge in [0.1, 0.15) is 12.2 Å². The molecule has 2 aliphatic carbocycles. The van der Waals surface area contributed by atoms with Crippen molar-refractivity contribution < 1.29 is 28.5 Å². The maximum Gasteiger partial charge on any atom is 0.311 e. The van der Waals surface area contributed by atoms with Crippen molar-refractivity contribution in [1.82, 2.24) is 0 Å². The third-order valence-electron chi connectivity index (χ3n) is 6.36. The number of epoxide rings is 1. The highest BCUT2D eigenvalue weighted by molar-refractivity contribution is 5.73. The van der Waals surface area contributed by atoms with E-state index in [1.165, 1.54) is 0 Å². The van der Waals surface area contributed by atoms with Crippen molar-refractivity contribution in [3.05, 3.63) is 0 Å². The van der Waals surface area contributed by atoms with Gasteiger partial charge in [0.25, 0.3) is 0 Å². The molecule has 2 saturated carbocycles. The molecule has 4 aliphatic rings. The van der Waals surface area contributed by atoms with E-state index in [-0.39, 0.29) is 42.1 Å². The number of fused-ring (bicyclic) bond motifs is 1. The summed E-state index contributed by atoms with van der Waals surface area (Å²) in [5.74, 6) is -0.309. The zero-order chi connectivity index (χ0) is 18.1. The summed E-state index contributed by atoms with van der Waals surface area (Å²) in [6, 6.07) is 0. The Morgan fingerprint density at radius 1 is 0.769 bits per heavy atom. The summed E-state index contributed by atoms with van der Waals surface area (Å²) in [5.41, 5.74) is 0. The highest BCUT2D eigenvalue weighted by atomic mass is 16.6. The molecule has 0 N–H and O–H groups in total. The van der Waals surface area contributed by atoms with E-state index in [9.17, 15) is 9.59 Å². The molecule has 5 atom stereocenters. The van der Waals surface area contributed by atoms with E-state index in [0.29, 0.717) is 18.8 Å². The monoisotopic (exact) mass is 366 g/mol. The largest absolute Gasteiger partial charge is 0.462 e. The SMILES string of the molecule is CC1CCC(C(=O)OC2CCC(OC(=O)C3CCC4OC4C3)CC2)CO1. The molecule has 26 heavy (non-hydrogen) atoms. The van der Waals surface area contributed by atoms with E-state index in [2.05, 4.69) is 0 Å². The molecule has 0 bridgehead atoms. The number of ether oxygens (including phenoxy) is 4. The van der Waals surface area contributed by atoms with E-state index < -0.39 is 0 Å². The van der Waals surface area contributed by atoms with E-state index in [4.69, 9.17) is 18.9 Å². The molecule has 2 saturated heterocycles. The van der Waals surface area contributed by atoms with Crippen LogP contribution < -0.4 is 0 Å². The fraction of sp³-hybridized carbons (Fsp3) is 0.900. The molecule has 0 amide bonds. The number of carbonyl (C=O) groups excluding carboxylic acids is 2. The van der Waals surface area contributed by atoms with Gasteiger partial charge in [-0.3, -0.25) is 9.59 Å². The molecule has 4 rings (SSSR count). The van der Waals surface area contributed by atoms with Gasteiger partial charge in [-0.2, -0.15) is 0 Å².